The van der Waals surface area contributed by atoms with Gasteiger partial charge in [-0.1, -0.05) is 29.3 Å². The van der Waals surface area contributed by atoms with E-state index >= 15 is 0 Å². The molecule has 1 aliphatic carbocycles. The first-order chi connectivity index (χ1) is 17.8. The quantitative estimate of drug-likeness (QED) is 0.465. The van der Waals surface area contributed by atoms with Crippen LogP contribution in [0.2, 0.25) is 10.0 Å². The molecule has 3 aliphatic rings. The van der Waals surface area contributed by atoms with E-state index in [1.54, 1.807) is 6.07 Å². The molecule has 3 fully saturated rings. The summed E-state index contributed by atoms with van der Waals surface area (Å²) in [6.45, 7) is 8.17. The van der Waals surface area contributed by atoms with Crippen LogP contribution >= 0.6 is 23.2 Å². The van der Waals surface area contributed by atoms with Crippen molar-refractivity contribution in [3.63, 3.8) is 0 Å². The molecule has 196 valence electrons. The van der Waals surface area contributed by atoms with E-state index in [0.29, 0.717) is 27.9 Å². The van der Waals surface area contributed by atoms with Gasteiger partial charge in [0.05, 0.1) is 23.9 Å². The second-order valence-electron chi connectivity index (χ2n) is 11.0. The molecule has 1 N–H and O–H groups in total. The summed E-state index contributed by atoms with van der Waals surface area (Å²) in [6.07, 6.45) is 5.93. The van der Waals surface area contributed by atoms with Crippen molar-refractivity contribution in [2.75, 3.05) is 31.1 Å². The van der Waals surface area contributed by atoms with Crippen molar-refractivity contribution >= 4 is 46.2 Å². The summed E-state index contributed by atoms with van der Waals surface area (Å²) in [4.78, 5) is 25.8. The van der Waals surface area contributed by atoms with E-state index in [4.69, 9.17) is 38.3 Å². The van der Waals surface area contributed by atoms with Crippen LogP contribution in [0, 0.1) is 24.7 Å². The number of hydrogen-bond donors (Lipinski definition) is 1. The lowest BCUT2D eigenvalue weighted by Gasteiger charge is -2.50. The molecule has 2 aromatic heterocycles. The maximum atomic E-state index is 11.2. The first-order valence-electron chi connectivity index (χ1n) is 13.2. The SMILES string of the molecule is Cc1nn(C(C)c2ccc(Cl)cc2Cl)c2nc(N3CC([C@H]4CCCN([C@H]5C[C@@H](C(=O)O)C5)C4)C3)cnc12. The third-order valence-corrected chi connectivity index (χ3v) is 9.27. The van der Waals surface area contributed by atoms with Crippen LogP contribution in [-0.2, 0) is 4.79 Å². The van der Waals surface area contributed by atoms with Crippen molar-refractivity contribution in [3.05, 3.63) is 45.7 Å². The number of nitrogens with zero attached hydrogens (tertiary/aromatic N) is 6. The monoisotopic (exact) mass is 542 g/mol. The summed E-state index contributed by atoms with van der Waals surface area (Å²) in [5.74, 6) is 1.39. The standard InChI is InChI=1S/C27H32Cl2N6O2/c1-15-25-26(35(32-15)16(2)22-6-5-20(28)10-23(22)29)31-24(11-30-25)34-13-19(14-34)17-4-3-7-33(12-17)21-8-18(9-21)27(36)37/h5-6,10-11,16-19,21H,3-4,7-9,12-14H2,1-2H3,(H,36,37)/t16?,17-,18-,21+/m0/s1. The number of aromatic nitrogens is 4. The van der Waals surface area contributed by atoms with Crippen LogP contribution in [0.3, 0.4) is 0 Å². The highest BCUT2D eigenvalue weighted by Crippen LogP contribution is 2.38. The molecule has 6 rings (SSSR count). The van der Waals surface area contributed by atoms with E-state index in [-0.39, 0.29) is 12.0 Å². The number of carboxylic acid groups (broad SMARTS) is 1. The highest BCUT2D eigenvalue weighted by atomic mass is 35.5. The number of halogens is 2. The van der Waals surface area contributed by atoms with Gasteiger partial charge in [-0.3, -0.25) is 4.79 Å². The number of carbonyl (C=O) groups is 1. The number of aliphatic carboxylic acids is 1. The average molecular weight is 543 g/mol. The molecular formula is C27H32Cl2N6O2. The topological polar surface area (TPSA) is 87.4 Å². The molecule has 2 atom stereocenters. The second kappa shape index (κ2) is 9.71. The maximum Gasteiger partial charge on any atom is 0.306 e. The van der Waals surface area contributed by atoms with Gasteiger partial charge >= 0.3 is 5.97 Å². The normalized spacial score (nSPS) is 25.6. The Morgan fingerprint density at radius 2 is 1.95 bits per heavy atom. The lowest BCUT2D eigenvalue weighted by Crippen LogP contribution is -2.56. The summed E-state index contributed by atoms with van der Waals surface area (Å²) in [7, 11) is 0. The highest BCUT2D eigenvalue weighted by Gasteiger charge is 2.42. The number of carboxylic acids is 1. The van der Waals surface area contributed by atoms with E-state index in [1.165, 1.54) is 12.8 Å². The van der Waals surface area contributed by atoms with Gasteiger partial charge in [0.1, 0.15) is 11.3 Å². The van der Waals surface area contributed by atoms with Crippen molar-refractivity contribution in [1.82, 2.24) is 24.6 Å². The van der Waals surface area contributed by atoms with Crippen LogP contribution < -0.4 is 4.90 Å². The molecule has 2 aliphatic heterocycles. The Bertz CT molecular complexity index is 1330. The van der Waals surface area contributed by atoms with Crippen molar-refractivity contribution < 1.29 is 9.90 Å². The van der Waals surface area contributed by atoms with Gasteiger partial charge in [-0.15, -0.1) is 0 Å². The first kappa shape index (κ1) is 24.9. The lowest BCUT2D eigenvalue weighted by molar-refractivity contribution is -0.147. The summed E-state index contributed by atoms with van der Waals surface area (Å²) in [5, 5.41) is 15.2. The Hall–Kier alpha value is -2.42. The molecule has 0 radical (unpaired) electrons. The largest absolute Gasteiger partial charge is 0.481 e. The molecule has 1 saturated carbocycles. The summed E-state index contributed by atoms with van der Waals surface area (Å²) < 4.78 is 1.91. The maximum absolute atomic E-state index is 11.2. The van der Waals surface area contributed by atoms with E-state index in [0.717, 1.165) is 67.3 Å². The average Bonchev–Trinajstić information content (AvgIpc) is 3.13. The molecule has 3 aromatic rings. The zero-order valence-electron chi connectivity index (χ0n) is 21.1. The molecule has 10 heteroatoms. The van der Waals surface area contributed by atoms with Gasteiger partial charge in [-0.2, -0.15) is 5.10 Å². The van der Waals surface area contributed by atoms with Crippen LogP contribution in [0.25, 0.3) is 11.2 Å². The summed E-state index contributed by atoms with van der Waals surface area (Å²) in [5.41, 5.74) is 3.35. The first-order valence-corrected chi connectivity index (χ1v) is 13.9. The van der Waals surface area contributed by atoms with Gasteiger partial charge in [0, 0.05) is 35.7 Å². The molecule has 1 aromatic carbocycles. The smallest absolute Gasteiger partial charge is 0.306 e. The lowest BCUT2D eigenvalue weighted by atomic mass is 9.76. The van der Waals surface area contributed by atoms with Crippen molar-refractivity contribution in [1.29, 1.82) is 0 Å². The highest BCUT2D eigenvalue weighted by molar-refractivity contribution is 6.35. The van der Waals surface area contributed by atoms with Crippen molar-refractivity contribution in [3.8, 4) is 0 Å². The molecule has 0 spiro atoms. The van der Waals surface area contributed by atoms with E-state index in [1.807, 2.05) is 29.9 Å². The Balaban J connectivity index is 1.14. The molecule has 8 nitrogen and oxygen atoms in total. The Labute approximate surface area is 226 Å². The zero-order chi connectivity index (χ0) is 25.8. The van der Waals surface area contributed by atoms with Crippen LogP contribution in [-0.4, -0.2) is 67.9 Å². The predicted molar refractivity (Wildman–Crippen MR) is 144 cm³/mol. The van der Waals surface area contributed by atoms with E-state index in [9.17, 15) is 9.90 Å². The van der Waals surface area contributed by atoms with Crippen LogP contribution in [0.5, 0.6) is 0 Å². The van der Waals surface area contributed by atoms with Crippen molar-refractivity contribution in [2.24, 2.45) is 17.8 Å². The molecule has 4 heterocycles. The van der Waals surface area contributed by atoms with E-state index in [2.05, 4.69) is 16.7 Å². The predicted octanol–water partition coefficient (Wildman–Crippen LogP) is 5.06. The number of piperidine rings is 1. The van der Waals surface area contributed by atoms with Gasteiger partial charge in [0.2, 0.25) is 0 Å². The van der Waals surface area contributed by atoms with Gasteiger partial charge < -0.3 is 14.9 Å². The number of anilines is 1. The summed E-state index contributed by atoms with van der Waals surface area (Å²) in [6, 6.07) is 5.88. The fraction of sp³-hybridized carbons (Fsp3) is 0.556. The number of rotatable bonds is 6. The molecule has 37 heavy (non-hydrogen) atoms. The fourth-order valence-electron chi connectivity index (χ4n) is 6.28. The Morgan fingerprint density at radius 3 is 2.68 bits per heavy atom. The van der Waals surface area contributed by atoms with Crippen LogP contribution in [0.1, 0.15) is 49.9 Å². The molecule has 2 saturated heterocycles. The fourth-order valence-corrected chi connectivity index (χ4v) is 6.84. The molecular weight excluding hydrogens is 511 g/mol. The number of hydrogen-bond acceptors (Lipinski definition) is 6. The van der Waals surface area contributed by atoms with Gasteiger partial charge in [-0.05, 0) is 75.6 Å². The Kier molecular flexibility index (Phi) is 6.53. The molecule has 0 amide bonds. The number of fused-ring (bicyclic) bond motifs is 1. The van der Waals surface area contributed by atoms with Crippen LogP contribution in [0.15, 0.2) is 24.4 Å². The zero-order valence-corrected chi connectivity index (χ0v) is 22.7. The van der Waals surface area contributed by atoms with Crippen LogP contribution in [0.4, 0.5) is 5.82 Å². The van der Waals surface area contributed by atoms with Gasteiger partial charge in [-0.25, -0.2) is 14.6 Å². The summed E-state index contributed by atoms with van der Waals surface area (Å²) >= 11 is 12.6. The molecule has 0 bridgehead atoms. The number of aryl methyl sites for hydroxylation is 1. The number of likely N-dealkylation sites (tertiary alicyclic amines) is 1. The van der Waals surface area contributed by atoms with E-state index < -0.39 is 5.97 Å². The second-order valence-corrected chi connectivity index (χ2v) is 11.8. The minimum atomic E-state index is -0.639. The number of benzene rings is 1. The van der Waals surface area contributed by atoms with Crippen molar-refractivity contribution in [2.45, 2.75) is 51.6 Å². The minimum Gasteiger partial charge on any atom is -0.481 e. The van der Waals surface area contributed by atoms with Gasteiger partial charge in [0.25, 0.3) is 0 Å². The minimum absolute atomic E-state index is 0.116. The Morgan fingerprint density at radius 1 is 1.16 bits per heavy atom. The van der Waals surface area contributed by atoms with Gasteiger partial charge in [0.15, 0.2) is 5.65 Å². The molecule has 1 unspecified atom stereocenters. The third kappa shape index (κ3) is 4.57. The third-order valence-electron chi connectivity index (χ3n) is 8.71.